The second kappa shape index (κ2) is 4.40. The Hall–Kier alpha value is -1.51. The molecule has 1 aliphatic heterocycles. The fourth-order valence-corrected chi connectivity index (χ4v) is 1.75. The lowest BCUT2D eigenvalue weighted by molar-refractivity contribution is -0.0225. The highest BCUT2D eigenvalue weighted by Gasteiger charge is 2.44. The number of aliphatic hydroxyl groups excluding tert-OH is 1. The Balaban J connectivity index is 2.35. The van der Waals surface area contributed by atoms with Gasteiger partial charge in [-0.2, -0.15) is 0 Å². The first kappa shape index (κ1) is 12.0. The molecule has 7 nitrogen and oxygen atoms in total. The molecule has 0 amide bonds. The van der Waals surface area contributed by atoms with Crippen LogP contribution in [-0.4, -0.2) is 39.6 Å². The van der Waals surface area contributed by atoms with Crippen molar-refractivity contribution >= 4 is 0 Å². The van der Waals surface area contributed by atoms with Gasteiger partial charge in [0.2, 0.25) is 0 Å². The van der Waals surface area contributed by atoms with Gasteiger partial charge in [-0.3, -0.25) is 14.3 Å². The third kappa shape index (κ3) is 2.02. The average molecular weight is 245 g/mol. The van der Waals surface area contributed by atoms with Crippen molar-refractivity contribution in [2.75, 3.05) is 6.54 Å². The van der Waals surface area contributed by atoms with Crippen molar-refractivity contribution in [1.82, 2.24) is 9.55 Å². The van der Waals surface area contributed by atoms with Crippen LogP contribution in [0.2, 0.25) is 0 Å². The first-order valence-corrected chi connectivity index (χ1v) is 5.03. The molecule has 94 valence electrons. The fourth-order valence-electron chi connectivity index (χ4n) is 1.75. The predicted octanol–water partition coefficient (Wildman–Crippen LogP) is -1.91. The quantitative estimate of drug-likeness (QED) is 0.563. The zero-order chi connectivity index (χ0) is 12.6. The Labute approximate surface area is 94.6 Å². The lowest BCUT2D eigenvalue weighted by Gasteiger charge is -2.15. The number of halogens is 1. The van der Waals surface area contributed by atoms with Crippen molar-refractivity contribution in [1.29, 1.82) is 0 Å². The third-order valence-electron chi connectivity index (χ3n) is 2.65. The highest BCUT2D eigenvalue weighted by atomic mass is 19.1. The molecule has 2 rings (SSSR count). The van der Waals surface area contributed by atoms with E-state index < -0.39 is 35.9 Å². The first-order valence-electron chi connectivity index (χ1n) is 5.03. The molecule has 0 spiro atoms. The molecule has 2 heterocycles. The van der Waals surface area contributed by atoms with Crippen LogP contribution >= 0.6 is 0 Å². The second-order valence-corrected chi connectivity index (χ2v) is 3.75. The molecule has 4 atom stereocenters. The minimum Gasteiger partial charge on any atom is -0.387 e. The molecule has 1 aromatic rings. The summed E-state index contributed by atoms with van der Waals surface area (Å²) in [5.74, 6) is 0. The summed E-state index contributed by atoms with van der Waals surface area (Å²) in [4.78, 5) is 24.2. The molecule has 1 fully saturated rings. The van der Waals surface area contributed by atoms with Crippen LogP contribution in [0.1, 0.15) is 6.23 Å². The maximum absolute atomic E-state index is 13.7. The van der Waals surface area contributed by atoms with Crippen molar-refractivity contribution in [2.45, 2.75) is 24.6 Å². The predicted molar refractivity (Wildman–Crippen MR) is 55.2 cm³/mol. The summed E-state index contributed by atoms with van der Waals surface area (Å²) in [5.41, 5.74) is 3.91. The Bertz CT molecular complexity index is 513. The van der Waals surface area contributed by atoms with Gasteiger partial charge >= 0.3 is 5.69 Å². The van der Waals surface area contributed by atoms with E-state index in [1.54, 1.807) is 0 Å². The largest absolute Gasteiger partial charge is 0.387 e. The smallest absolute Gasteiger partial charge is 0.330 e. The van der Waals surface area contributed by atoms with E-state index >= 15 is 0 Å². The Kier molecular flexibility index (Phi) is 3.09. The lowest BCUT2D eigenvalue weighted by atomic mass is 10.1. The topological polar surface area (TPSA) is 110 Å². The number of aromatic amines is 1. The average Bonchev–Trinajstić information content (AvgIpc) is 2.57. The van der Waals surface area contributed by atoms with Crippen LogP contribution in [0.25, 0.3) is 0 Å². The number of rotatable bonds is 2. The molecule has 8 heteroatoms. The van der Waals surface area contributed by atoms with E-state index in [1.807, 2.05) is 4.98 Å². The number of aliphatic hydroxyl groups is 1. The summed E-state index contributed by atoms with van der Waals surface area (Å²) in [6, 6.07) is 1.07. The van der Waals surface area contributed by atoms with Gasteiger partial charge in [0.05, 0.1) is 0 Å². The van der Waals surface area contributed by atoms with Gasteiger partial charge in [-0.15, -0.1) is 0 Å². The van der Waals surface area contributed by atoms with E-state index in [9.17, 15) is 19.1 Å². The normalized spacial score (nSPS) is 32.9. The van der Waals surface area contributed by atoms with Gasteiger partial charge in [-0.05, 0) is 0 Å². The number of H-pyrrole nitrogens is 1. The van der Waals surface area contributed by atoms with Gasteiger partial charge in [0.15, 0.2) is 12.4 Å². The molecule has 0 aromatic carbocycles. The van der Waals surface area contributed by atoms with Gasteiger partial charge in [0, 0.05) is 18.8 Å². The van der Waals surface area contributed by atoms with Crippen LogP contribution in [-0.2, 0) is 4.74 Å². The standard InChI is InChI=1S/C9H12FN3O4/c10-6-7(15)4(3-11)17-8(6)13-2-1-5(14)12-9(13)16/h1-2,4,6-8,15H,3,11H2,(H,12,14,16)/t4-,6?,7?,8-/m0/s1. The number of nitrogens with zero attached hydrogens (tertiary/aromatic N) is 1. The molecule has 0 saturated carbocycles. The van der Waals surface area contributed by atoms with Crippen LogP contribution in [0.5, 0.6) is 0 Å². The zero-order valence-corrected chi connectivity index (χ0v) is 8.75. The van der Waals surface area contributed by atoms with Crippen LogP contribution in [0.4, 0.5) is 4.39 Å². The van der Waals surface area contributed by atoms with Crippen molar-refractivity contribution < 1.29 is 14.2 Å². The molecule has 2 unspecified atom stereocenters. The van der Waals surface area contributed by atoms with E-state index in [0.29, 0.717) is 0 Å². The van der Waals surface area contributed by atoms with E-state index in [-0.39, 0.29) is 6.54 Å². The van der Waals surface area contributed by atoms with Gasteiger partial charge < -0.3 is 15.6 Å². The van der Waals surface area contributed by atoms with Crippen molar-refractivity contribution in [2.24, 2.45) is 5.73 Å². The molecule has 0 aliphatic carbocycles. The number of ether oxygens (including phenoxy) is 1. The van der Waals surface area contributed by atoms with Crippen LogP contribution in [0.15, 0.2) is 21.9 Å². The summed E-state index contributed by atoms with van der Waals surface area (Å²) in [6.07, 6.45) is -4.18. The zero-order valence-electron chi connectivity index (χ0n) is 8.75. The summed E-state index contributed by atoms with van der Waals surface area (Å²) >= 11 is 0. The number of hydrogen-bond acceptors (Lipinski definition) is 5. The molecule has 1 aliphatic rings. The van der Waals surface area contributed by atoms with Gasteiger partial charge in [0.25, 0.3) is 5.56 Å². The summed E-state index contributed by atoms with van der Waals surface area (Å²) in [7, 11) is 0. The molecule has 1 saturated heterocycles. The van der Waals surface area contributed by atoms with Gasteiger partial charge in [-0.1, -0.05) is 0 Å². The SMILES string of the molecule is NC[C@@H]1O[C@H](n2ccc(=O)[nH]c2=O)C(F)C1O. The van der Waals surface area contributed by atoms with Gasteiger partial charge in [-0.25, -0.2) is 9.18 Å². The molecule has 17 heavy (non-hydrogen) atoms. The molecular formula is C9H12FN3O4. The molecule has 0 bridgehead atoms. The minimum absolute atomic E-state index is 0.0593. The van der Waals surface area contributed by atoms with Crippen molar-refractivity contribution in [3.8, 4) is 0 Å². The summed E-state index contributed by atoms with van der Waals surface area (Å²) in [6.45, 7) is -0.0593. The van der Waals surface area contributed by atoms with Crippen molar-refractivity contribution in [3.05, 3.63) is 33.1 Å². The number of hydrogen-bond donors (Lipinski definition) is 3. The van der Waals surface area contributed by atoms with E-state index in [4.69, 9.17) is 10.5 Å². The second-order valence-electron chi connectivity index (χ2n) is 3.75. The summed E-state index contributed by atoms with van der Waals surface area (Å²) < 4.78 is 19.7. The van der Waals surface area contributed by atoms with Crippen LogP contribution < -0.4 is 17.0 Å². The molecule has 0 radical (unpaired) electrons. The minimum atomic E-state index is -1.77. The maximum atomic E-state index is 13.7. The highest BCUT2D eigenvalue weighted by Crippen LogP contribution is 2.30. The van der Waals surface area contributed by atoms with E-state index in [2.05, 4.69) is 0 Å². The molecular weight excluding hydrogens is 233 g/mol. The van der Waals surface area contributed by atoms with Crippen LogP contribution in [0, 0.1) is 0 Å². The molecule has 1 aromatic heterocycles. The maximum Gasteiger partial charge on any atom is 0.330 e. The van der Waals surface area contributed by atoms with E-state index in [0.717, 1.165) is 16.8 Å². The monoisotopic (exact) mass is 245 g/mol. The van der Waals surface area contributed by atoms with Crippen LogP contribution in [0.3, 0.4) is 0 Å². The molecule has 4 N–H and O–H groups in total. The number of nitrogens with one attached hydrogen (secondary N) is 1. The Morgan fingerprint density at radius 2 is 2.29 bits per heavy atom. The summed E-state index contributed by atoms with van der Waals surface area (Å²) in [5, 5.41) is 9.47. The number of nitrogens with two attached hydrogens (primary N) is 1. The Morgan fingerprint density at radius 3 is 2.82 bits per heavy atom. The third-order valence-corrected chi connectivity index (χ3v) is 2.65. The highest BCUT2D eigenvalue weighted by molar-refractivity contribution is 4.93. The lowest BCUT2D eigenvalue weighted by Crippen LogP contribution is -2.36. The fraction of sp³-hybridized carbons (Fsp3) is 0.556. The first-order chi connectivity index (χ1) is 8.04. The van der Waals surface area contributed by atoms with Gasteiger partial charge in [0.1, 0.15) is 12.2 Å². The van der Waals surface area contributed by atoms with E-state index in [1.165, 1.54) is 0 Å². The Morgan fingerprint density at radius 1 is 1.59 bits per heavy atom. The number of aromatic nitrogens is 2. The van der Waals surface area contributed by atoms with Crippen molar-refractivity contribution in [3.63, 3.8) is 0 Å². The number of alkyl halides is 1.